The fourth-order valence-electron chi connectivity index (χ4n) is 3.25. The van der Waals surface area contributed by atoms with E-state index in [1.807, 2.05) is 6.07 Å². The van der Waals surface area contributed by atoms with E-state index >= 15 is 0 Å². The highest BCUT2D eigenvalue weighted by Crippen LogP contribution is 2.18. The summed E-state index contributed by atoms with van der Waals surface area (Å²) in [5.74, 6) is -0.287. The van der Waals surface area contributed by atoms with E-state index in [-0.39, 0.29) is 10.8 Å². The lowest BCUT2D eigenvalue weighted by atomic mass is 10.1. The molecule has 0 saturated heterocycles. The molecule has 1 aliphatic heterocycles. The van der Waals surface area contributed by atoms with E-state index in [0.717, 1.165) is 18.7 Å². The minimum Gasteiger partial charge on any atom is -0.348 e. The van der Waals surface area contributed by atoms with Gasteiger partial charge in [0.25, 0.3) is 5.91 Å². The number of fused-ring (bicyclic) bond motifs is 1. The summed E-state index contributed by atoms with van der Waals surface area (Å²) in [6, 6.07) is 12.4. The van der Waals surface area contributed by atoms with Crippen LogP contribution in [0.3, 0.4) is 0 Å². The molecule has 0 radical (unpaired) electrons. The molecule has 3 rings (SSSR count). The smallest absolute Gasteiger partial charge is 0.251 e. The van der Waals surface area contributed by atoms with Gasteiger partial charge in [-0.15, -0.1) is 0 Å². The van der Waals surface area contributed by atoms with Crippen molar-refractivity contribution >= 4 is 15.9 Å². The van der Waals surface area contributed by atoms with Crippen LogP contribution in [-0.4, -0.2) is 31.7 Å². The lowest BCUT2D eigenvalue weighted by molar-refractivity contribution is 0.0950. The molecule has 0 atom stereocenters. The molecule has 2 N–H and O–H groups in total. The number of hydrogen-bond acceptors (Lipinski definition) is 4. The molecule has 27 heavy (non-hydrogen) atoms. The van der Waals surface area contributed by atoms with Crippen LogP contribution in [0.15, 0.2) is 47.4 Å². The van der Waals surface area contributed by atoms with Gasteiger partial charge >= 0.3 is 0 Å². The number of rotatable bonds is 7. The van der Waals surface area contributed by atoms with Crippen LogP contribution >= 0.6 is 0 Å². The van der Waals surface area contributed by atoms with Crippen molar-refractivity contribution < 1.29 is 13.2 Å². The Bertz CT molecular complexity index is 937. The van der Waals surface area contributed by atoms with Gasteiger partial charge in [0.05, 0.1) is 4.90 Å². The minimum absolute atomic E-state index is 0.141. The van der Waals surface area contributed by atoms with Gasteiger partial charge in [-0.25, -0.2) is 8.42 Å². The summed E-state index contributed by atoms with van der Waals surface area (Å²) in [6.07, 6.45) is 0. The number of sulfonamides is 1. The highest BCUT2D eigenvalue weighted by Gasteiger charge is 2.22. The van der Waals surface area contributed by atoms with Gasteiger partial charge in [-0.3, -0.25) is 4.79 Å². The Kier molecular flexibility index (Phi) is 5.94. The summed E-state index contributed by atoms with van der Waals surface area (Å²) in [4.78, 5) is 12.6. The van der Waals surface area contributed by atoms with Crippen LogP contribution in [0.1, 0.15) is 40.9 Å². The number of nitrogens with one attached hydrogen (secondary N) is 2. The Balaban J connectivity index is 1.72. The fourth-order valence-corrected chi connectivity index (χ4v) is 4.76. The van der Waals surface area contributed by atoms with Crippen molar-refractivity contribution in [2.45, 2.75) is 38.4 Å². The predicted molar refractivity (Wildman–Crippen MR) is 105 cm³/mol. The maximum atomic E-state index is 12.6. The molecule has 1 heterocycles. The average molecular weight is 388 g/mol. The highest BCUT2D eigenvalue weighted by atomic mass is 32.2. The number of carbonyl (C=O) groups is 1. The second-order valence-corrected chi connectivity index (χ2v) is 8.44. The summed E-state index contributed by atoms with van der Waals surface area (Å²) in [5.41, 5.74) is 3.91. The second kappa shape index (κ2) is 8.21. The molecular weight excluding hydrogens is 362 g/mol. The van der Waals surface area contributed by atoms with Gasteiger partial charge in [0, 0.05) is 38.3 Å². The zero-order chi connectivity index (χ0) is 19.4. The van der Waals surface area contributed by atoms with Crippen molar-refractivity contribution in [1.29, 1.82) is 0 Å². The molecule has 0 fully saturated rings. The van der Waals surface area contributed by atoms with Crippen LogP contribution < -0.4 is 10.6 Å². The van der Waals surface area contributed by atoms with Crippen LogP contribution in [0.5, 0.6) is 0 Å². The molecule has 0 saturated carbocycles. The number of nitrogens with zero attached hydrogens (tertiary/aromatic N) is 1. The van der Waals surface area contributed by atoms with Gasteiger partial charge in [-0.05, 0) is 34.9 Å². The van der Waals surface area contributed by atoms with Crippen LogP contribution in [0.4, 0.5) is 0 Å². The first kappa shape index (κ1) is 19.5. The standard InChI is InChI=1S/C20H25N3O3S/c1-3-23(4-2)27(25,26)19-7-5-6-16(11-19)20(24)22-12-15-8-9-17-13-21-14-18(17)10-15/h5-11,21H,3-4,12-14H2,1-2H3,(H,22,24). The van der Waals surface area contributed by atoms with Crippen LogP contribution in [-0.2, 0) is 29.7 Å². The van der Waals surface area contributed by atoms with Gasteiger partial charge < -0.3 is 10.6 Å². The molecule has 2 aromatic carbocycles. The molecule has 1 amide bonds. The average Bonchev–Trinajstić information content (AvgIpc) is 3.14. The van der Waals surface area contributed by atoms with E-state index in [1.54, 1.807) is 26.0 Å². The molecule has 0 bridgehead atoms. The molecule has 6 nitrogen and oxygen atoms in total. The number of hydrogen-bond donors (Lipinski definition) is 2. The van der Waals surface area contributed by atoms with Crippen molar-refractivity contribution in [3.05, 3.63) is 64.7 Å². The van der Waals surface area contributed by atoms with E-state index < -0.39 is 10.0 Å². The maximum absolute atomic E-state index is 12.6. The molecule has 1 aliphatic rings. The van der Waals surface area contributed by atoms with Gasteiger partial charge in [0.15, 0.2) is 0 Å². The summed E-state index contributed by atoms with van der Waals surface area (Å²) < 4.78 is 26.7. The molecule has 144 valence electrons. The fraction of sp³-hybridized carbons (Fsp3) is 0.350. The Hall–Kier alpha value is -2.22. The number of benzene rings is 2. The second-order valence-electron chi connectivity index (χ2n) is 6.51. The SMILES string of the molecule is CCN(CC)S(=O)(=O)c1cccc(C(=O)NCc2ccc3c(c2)CNC3)c1. The quantitative estimate of drug-likeness (QED) is 0.764. The monoisotopic (exact) mass is 387 g/mol. The molecule has 0 spiro atoms. The Morgan fingerprint density at radius 1 is 1.07 bits per heavy atom. The van der Waals surface area contributed by atoms with E-state index in [4.69, 9.17) is 0 Å². The first-order valence-corrected chi connectivity index (χ1v) is 10.6. The number of amides is 1. The van der Waals surface area contributed by atoms with Gasteiger partial charge in [-0.2, -0.15) is 4.31 Å². The molecule has 0 unspecified atom stereocenters. The predicted octanol–water partition coefficient (Wildman–Crippen LogP) is 2.25. The van der Waals surface area contributed by atoms with E-state index in [2.05, 4.69) is 22.8 Å². The van der Waals surface area contributed by atoms with Crippen molar-refractivity contribution in [3.8, 4) is 0 Å². The lowest BCUT2D eigenvalue weighted by Crippen LogP contribution is -2.31. The van der Waals surface area contributed by atoms with Crippen molar-refractivity contribution in [1.82, 2.24) is 14.9 Å². The zero-order valence-corrected chi connectivity index (χ0v) is 16.5. The van der Waals surface area contributed by atoms with Crippen LogP contribution in [0, 0.1) is 0 Å². The van der Waals surface area contributed by atoms with Gasteiger partial charge in [0.1, 0.15) is 0 Å². The largest absolute Gasteiger partial charge is 0.348 e. The van der Waals surface area contributed by atoms with Crippen molar-refractivity contribution in [2.75, 3.05) is 13.1 Å². The Labute approximate surface area is 160 Å². The van der Waals surface area contributed by atoms with Crippen LogP contribution in [0.2, 0.25) is 0 Å². The van der Waals surface area contributed by atoms with Crippen molar-refractivity contribution in [3.63, 3.8) is 0 Å². The minimum atomic E-state index is -3.58. The third-order valence-electron chi connectivity index (χ3n) is 4.79. The summed E-state index contributed by atoms with van der Waals surface area (Å²) in [5, 5.41) is 6.17. The topological polar surface area (TPSA) is 78.5 Å². The molecular formula is C20H25N3O3S. The van der Waals surface area contributed by atoms with Crippen molar-refractivity contribution in [2.24, 2.45) is 0 Å². The molecule has 0 aromatic heterocycles. The van der Waals surface area contributed by atoms with Gasteiger partial charge in [0.2, 0.25) is 10.0 Å². The lowest BCUT2D eigenvalue weighted by Gasteiger charge is -2.18. The Morgan fingerprint density at radius 2 is 1.81 bits per heavy atom. The van der Waals surface area contributed by atoms with Gasteiger partial charge in [-0.1, -0.05) is 38.1 Å². The number of carbonyl (C=O) groups excluding carboxylic acids is 1. The third-order valence-corrected chi connectivity index (χ3v) is 6.84. The third kappa shape index (κ3) is 4.21. The summed E-state index contributed by atoms with van der Waals surface area (Å²) in [6.45, 7) is 6.51. The first-order chi connectivity index (χ1) is 13.0. The normalized spacial score (nSPS) is 13.6. The Morgan fingerprint density at radius 3 is 2.56 bits per heavy atom. The first-order valence-electron chi connectivity index (χ1n) is 9.15. The zero-order valence-electron chi connectivity index (χ0n) is 15.7. The highest BCUT2D eigenvalue weighted by molar-refractivity contribution is 7.89. The van der Waals surface area contributed by atoms with E-state index in [1.165, 1.54) is 27.6 Å². The molecule has 7 heteroatoms. The van der Waals surface area contributed by atoms with E-state index in [0.29, 0.717) is 25.2 Å². The van der Waals surface area contributed by atoms with E-state index in [9.17, 15) is 13.2 Å². The maximum Gasteiger partial charge on any atom is 0.251 e. The molecule has 2 aromatic rings. The van der Waals surface area contributed by atoms with Crippen LogP contribution in [0.25, 0.3) is 0 Å². The summed E-state index contributed by atoms with van der Waals surface area (Å²) in [7, 11) is -3.58. The summed E-state index contributed by atoms with van der Waals surface area (Å²) >= 11 is 0. The molecule has 0 aliphatic carbocycles.